The van der Waals surface area contributed by atoms with E-state index in [-0.39, 0.29) is 5.91 Å². The van der Waals surface area contributed by atoms with E-state index in [2.05, 4.69) is 11.8 Å². The first-order valence-corrected chi connectivity index (χ1v) is 7.20. The van der Waals surface area contributed by atoms with Crippen LogP contribution in [0, 0.1) is 11.8 Å². The van der Waals surface area contributed by atoms with Gasteiger partial charge in [0.1, 0.15) is 0 Å². The number of carbonyl (C=O) groups excluding carboxylic acids is 2. The molecule has 1 rings (SSSR count). The summed E-state index contributed by atoms with van der Waals surface area (Å²) in [5, 5.41) is 0. The molecule has 0 saturated heterocycles. The number of hydrogen-bond donors (Lipinski definition) is 1. The van der Waals surface area contributed by atoms with E-state index >= 15 is 0 Å². The first-order valence-electron chi connectivity index (χ1n) is 7.20. The Balaban J connectivity index is 3.22. The summed E-state index contributed by atoms with van der Waals surface area (Å²) in [5.41, 5.74) is 6.73. The monoisotopic (exact) mass is 286 g/mol. The van der Waals surface area contributed by atoms with Crippen LogP contribution in [0.4, 0.5) is 0 Å². The van der Waals surface area contributed by atoms with E-state index in [0.29, 0.717) is 29.8 Å². The fourth-order valence-electron chi connectivity index (χ4n) is 2.15. The van der Waals surface area contributed by atoms with Crippen molar-refractivity contribution in [3.63, 3.8) is 0 Å². The molecule has 1 aromatic rings. The fraction of sp³-hybridized carbons (Fsp3) is 0.412. The van der Waals surface area contributed by atoms with Gasteiger partial charge in [-0.25, -0.2) is 0 Å². The lowest BCUT2D eigenvalue weighted by Gasteiger charge is -2.21. The molecule has 0 aliphatic carbocycles. The lowest BCUT2D eigenvalue weighted by atomic mass is 10.0. The van der Waals surface area contributed by atoms with Crippen LogP contribution in [-0.4, -0.2) is 29.8 Å². The molecule has 0 fully saturated rings. The number of amides is 2. The Morgan fingerprint density at radius 2 is 1.67 bits per heavy atom. The van der Waals surface area contributed by atoms with Crippen LogP contribution >= 0.6 is 0 Å². The van der Waals surface area contributed by atoms with Crippen molar-refractivity contribution in [3.8, 4) is 11.8 Å². The van der Waals surface area contributed by atoms with Crippen LogP contribution in [0.15, 0.2) is 18.2 Å². The molecule has 0 radical (unpaired) electrons. The van der Waals surface area contributed by atoms with E-state index in [1.165, 1.54) is 0 Å². The average molecular weight is 286 g/mol. The van der Waals surface area contributed by atoms with Crippen LogP contribution in [0.3, 0.4) is 0 Å². The molecule has 0 spiro atoms. The van der Waals surface area contributed by atoms with Gasteiger partial charge in [0, 0.05) is 29.8 Å². The van der Waals surface area contributed by atoms with Gasteiger partial charge in [-0.2, -0.15) is 0 Å². The van der Waals surface area contributed by atoms with Crippen LogP contribution in [0.2, 0.25) is 0 Å². The summed E-state index contributed by atoms with van der Waals surface area (Å²) in [5.74, 6) is 5.00. The Labute approximate surface area is 126 Å². The zero-order chi connectivity index (χ0) is 15.8. The summed E-state index contributed by atoms with van der Waals surface area (Å²) in [6.07, 6.45) is 1.78. The smallest absolute Gasteiger partial charge is 0.253 e. The van der Waals surface area contributed by atoms with Crippen molar-refractivity contribution >= 4 is 11.8 Å². The second kappa shape index (κ2) is 8.11. The van der Waals surface area contributed by atoms with Crippen LogP contribution in [-0.2, 0) is 0 Å². The molecule has 2 amide bonds. The normalized spacial score (nSPS) is 9.67. The number of nitrogens with two attached hydrogens (primary N) is 1. The number of rotatable bonds is 6. The number of carbonyl (C=O) groups is 2. The number of primary amides is 1. The highest BCUT2D eigenvalue weighted by Crippen LogP contribution is 2.13. The first kappa shape index (κ1) is 16.8. The summed E-state index contributed by atoms with van der Waals surface area (Å²) < 4.78 is 0. The third-order valence-corrected chi connectivity index (χ3v) is 3.01. The molecular weight excluding hydrogens is 264 g/mol. The molecule has 0 aliphatic rings. The maximum absolute atomic E-state index is 12.6. The number of hydrogen-bond acceptors (Lipinski definition) is 2. The summed E-state index contributed by atoms with van der Waals surface area (Å²) in [6.45, 7) is 7.16. The van der Waals surface area contributed by atoms with Crippen molar-refractivity contribution in [1.29, 1.82) is 0 Å². The van der Waals surface area contributed by atoms with Gasteiger partial charge >= 0.3 is 0 Å². The van der Waals surface area contributed by atoms with E-state index in [4.69, 9.17) is 5.73 Å². The molecule has 21 heavy (non-hydrogen) atoms. The molecule has 0 aromatic heterocycles. The largest absolute Gasteiger partial charge is 0.366 e. The highest BCUT2D eigenvalue weighted by atomic mass is 16.2. The molecule has 1 aromatic carbocycles. The Bertz CT molecular complexity index is 576. The van der Waals surface area contributed by atoms with Crippen LogP contribution in [0.25, 0.3) is 0 Å². The summed E-state index contributed by atoms with van der Waals surface area (Å²) >= 11 is 0. The van der Waals surface area contributed by atoms with Gasteiger partial charge in [0.15, 0.2) is 0 Å². The van der Waals surface area contributed by atoms with Crippen molar-refractivity contribution < 1.29 is 9.59 Å². The topological polar surface area (TPSA) is 63.4 Å². The molecule has 0 heterocycles. The predicted octanol–water partition coefficient (Wildman–Crippen LogP) is 2.42. The number of benzene rings is 1. The standard InChI is InChI=1S/C17H22N2O2/c1-4-7-13-10-14(16(18)20)12-15(11-13)17(21)19(8-5-2)9-6-3/h10-12H,5-6,8-9H2,1-3H3,(H2,18,20). The van der Waals surface area contributed by atoms with Crippen LogP contribution < -0.4 is 5.73 Å². The fourth-order valence-corrected chi connectivity index (χ4v) is 2.15. The van der Waals surface area contributed by atoms with Crippen LogP contribution in [0.1, 0.15) is 59.9 Å². The Morgan fingerprint density at radius 1 is 1.10 bits per heavy atom. The second-order valence-electron chi connectivity index (χ2n) is 4.83. The maximum atomic E-state index is 12.6. The summed E-state index contributed by atoms with van der Waals surface area (Å²) in [7, 11) is 0. The number of nitrogens with zero attached hydrogens (tertiary/aromatic N) is 1. The van der Waals surface area contributed by atoms with Crippen LogP contribution in [0.5, 0.6) is 0 Å². The predicted molar refractivity (Wildman–Crippen MR) is 84.0 cm³/mol. The minimum atomic E-state index is -0.554. The highest BCUT2D eigenvalue weighted by Gasteiger charge is 2.16. The quantitative estimate of drug-likeness (QED) is 0.816. The van der Waals surface area contributed by atoms with Crippen molar-refractivity contribution in [2.45, 2.75) is 33.6 Å². The minimum Gasteiger partial charge on any atom is -0.366 e. The van der Waals surface area contributed by atoms with Gasteiger partial charge in [-0.1, -0.05) is 19.8 Å². The van der Waals surface area contributed by atoms with Gasteiger partial charge < -0.3 is 10.6 Å². The zero-order valence-electron chi connectivity index (χ0n) is 12.9. The minimum absolute atomic E-state index is 0.0825. The SMILES string of the molecule is CC#Cc1cc(C(N)=O)cc(C(=O)N(CCC)CCC)c1. The van der Waals surface area contributed by atoms with Gasteiger partial charge in [-0.15, -0.1) is 5.92 Å². The molecule has 2 N–H and O–H groups in total. The van der Waals surface area contributed by atoms with Gasteiger partial charge in [0.2, 0.25) is 5.91 Å². The molecule has 4 heteroatoms. The van der Waals surface area contributed by atoms with Crippen molar-refractivity contribution in [3.05, 3.63) is 34.9 Å². The van der Waals surface area contributed by atoms with E-state index in [1.807, 2.05) is 13.8 Å². The third-order valence-electron chi connectivity index (χ3n) is 3.01. The highest BCUT2D eigenvalue weighted by molar-refractivity contribution is 5.99. The zero-order valence-corrected chi connectivity index (χ0v) is 12.9. The van der Waals surface area contributed by atoms with Gasteiger partial charge in [0.25, 0.3) is 5.91 Å². The van der Waals surface area contributed by atoms with Gasteiger partial charge in [-0.05, 0) is 38.0 Å². The molecule has 0 unspecified atom stereocenters. The van der Waals surface area contributed by atoms with E-state index in [1.54, 1.807) is 30.0 Å². The Kier molecular flexibility index (Phi) is 6.48. The van der Waals surface area contributed by atoms with Gasteiger partial charge in [0.05, 0.1) is 0 Å². The first-order chi connectivity index (χ1) is 10.0. The van der Waals surface area contributed by atoms with Gasteiger partial charge in [-0.3, -0.25) is 9.59 Å². The van der Waals surface area contributed by atoms with Crippen molar-refractivity contribution in [2.75, 3.05) is 13.1 Å². The van der Waals surface area contributed by atoms with E-state index in [9.17, 15) is 9.59 Å². The molecule has 4 nitrogen and oxygen atoms in total. The molecule has 0 saturated carbocycles. The molecule has 112 valence electrons. The van der Waals surface area contributed by atoms with E-state index < -0.39 is 5.91 Å². The molecule has 0 bridgehead atoms. The average Bonchev–Trinajstić information content (AvgIpc) is 2.46. The lowest BCUT2D eigenvalue weighted by Crippen LogP contribution is -2.32. The molecule has 0 atom stereocenters. The summed E-state index contributed by atoms with van der Waals surface area (Å²) in [6, 6.07) is 4.87. The van der Waals surface area contributed by atoms with Crippen molar-refractivity contribution in [1.82, 2.24) is 4.90 Å². The maximum Gasteiger partial charge on any atom is 0.253 e. The Morgan fingerprint density at radius 3 is 2.14 bits per heavy atom. The lowest BCUT2D eigenvalue weighted by molar-refractivity contribution is 0.0755. The van der Waals surface area contributed by atoms with Crippen molar-refractivity contribution in [2.24, 2.45) is 5.73 Å². The molecule has 0 aliphatic heterocycles. The van der Waals surface area contributed by atoms with E-state index in [0.717, 1.165) is 12.8 Å². The molecular formula is C17H22N2O2. The third kappa shape index (κ3) is 4.64. The second-order valence-corrected chi connectivity index (χ2v) is 4.83. The summed E-state index contributed by atoms with van der Waals surface area (Å²) in [4.78, 5) is 25.8. The Hall–Kier alpha value is -2.28.